The highest BCUT2D eigenvalue weighted by Crippen LogP contribution is 2.26. The zero-order valence-corrected chi connectivity index (χ0v) is 13.6. The molecule has 5 nitrogen and oxygen atoms in total. The molecule has 21 heavy (non-hydrogen) atoms. The molecule has 1 aliphatic rings. The van der Waals surface area contributed by atoms with Crippen molar-refractivity contribution in [1.82, 2.24) is 4.72 Å². The average Bonchev–Trinajstić information content (AvgIpc) is 2.45. The summed E-state index contributed by atoms with van der Waals surface area (Å²) >= 11 is 0. The maximum atomic E-state index is 12.5. The molecule has 0 spiro atoms. The first kappa shape index (κ1) is 16.3. The number of rotatable bonds is 5. The molecule has 1 saturated heterocycles. The summed E-state index contributed by atoms with van der Waals surface area (Å²) in [5.74, 6) is 1.03. The number of hydrogen-bond acceptors (Lipinski definition) is 4. The first-order valence-electron chi connectivity index (χ1n) is 7.16. The summed E-state index contributed by atoms with van der Waals surface area (Å²) < 4.78 is 38.3. The van der Waals surface area contributed by atoms with Crippen LogP contribution in [0.2, 0.25) is 0 Å². The van der Waals surface area contributed by atoms with E-state index in [0.29, 0.717) is 47.4 Å². The van der Waals surface area contributed by atoms with Crippen molar-refractivity contribution in [2.75, 3.05) is 26.9 Å². The van der Waals surface area contributed by atoms with Crippen molar-refractivity contribution in [2.45, 2.75) is 31.6 Å². The first-order valence-corrected chi connectivity index (χ1v) is 8.65. The molecule has 118 valence electrons. The highest BCUT2D eigenvalue weighted by Gasteiger charge is 2.22. The summed E-state index contributed by atoms with van der Waals surface area (Å²) in [6, 6.07) is 3.49. The van der Waals surface area contributed by atoms with Crippen LogP contribution in [0.25, 0.3) is 0 Å². The lowest BCUT2D eigenvalue weighted by atomic mass is 10.0. The Morgan fingerprint density at radius 1 is 1.24 bits per heavy atom. The van der Waals surface area contributed by atoms with Gasteiger partial charge in [0.15, 0.2) is 0 Å². The maximum Gasteiger partial charge on any atom is 0.241 e. The highest BCUT2D eigenvalue weighted by atomic mass is 32.2. The minimum Gasteiger partial charge on any atom is -0.497 e. The van der Waals surface area contributed by atoms with Gasteiger partial charge in [-0.1, -0.05) is 0 Å². The van der Waals surface area contributed by atoms with E-state index >= 15 is 0 Å². The van der Waals surface area contributed by atoms with Crippen LogP contribution >= 0.6 is 0 Å². The second-order valence-corrected chi connectivity index (χ2v) is 7.20. The van der Waals surface area contributed by atoms with Gasteiger partial charge < -0.3 is 9.47 Å². The van der Waals surface area contributed by atoms with E-state index in [1.54, 1.807) is 33.1 Å². The summed E-state index contributed by atoms with van der Waals surface area (Å²) in [5, 5.41) is 0. The number of sulfonamides is 1. The van der Waals surface area contributed by atoms with Gasteiger partial charge in [-0.05, 0) is 55.9 Å². The van der Waals surface area contributed by atoms with E-state index in [1.807, 2.05) is 0 Å². The highest BCUT2D eigenvalue weighted by molar-refractivity contribution is 7.89. The van der Waals surface area contributed by atoms with Crippen LogP contribution in [0.5, 0.6) is 5.75 Å². The molecule has 0 unspecified atom stereocenters. The van der Waals surface area contributed by atoms with Crippen molar-refractivity contribution in [1.29, 1.82) is 0 Å². The third kappa shape index (κ3) is 3.96. The Labute approximate surface area is 126 Å². The van der Waals surface area contributed by atoms with E-state index in [4.69, 9.17) is 9.47 Å². The summed E-state index contributed by atoms with van der Waals surface area (Å²) in [6.07, 6.45) is 1.81. The molecular formula is C15H23NO4S. The molecule has 1 aromatic carbocycles. The Bertz CT molecular complexity index is 569. The van der Waals surface area contributed by atoms with E-state index in [1.165, 1.54) is 0 Å². The minimum atomic E-state index is -3.49. The molecule has 1 aromatic rings. The van der Waals surface area contributed by atoms with Gasteiger partial charge in [-0.25, -0.2) is 13.1 Å². The second kappa shape index (κ2) is 6.77. The number of benzene rings is 1. The molecule has 0 aromatic heterocycles. The Balaban J connectivity index is 2.15. The second-order valence-electron chi connectivity index (χ2n) is 5.50. The summed E-state index contributed by atoms with van der Waals surface area (Å²) in [7, 11) is -1.92. The van der Waals surface area contributed by atoms with Gasteiger partial charge >= 0.3 is 0 Å². The van der Waals surface area contributed by atoms with Crippen molar-refractivity contribution in [3.05, 3.63) is 23.3 Å². The number of nitrogens with one attached hydrogen (secondary N) is 1. The molecule has 1 N–H and O–H groups in total. The first-order chi connectivity index (χ1) is 9.94. The van der Waals surface area contributed by atoms with E-state index in [0.717, 1.165) is 12.8 Å². The third-order valence-electron chi connectivity index (χ3n) is 3.84. The molecule has 0 aliphatic carbocycles. The molecule has 0 radical (unpaired) electrons. The smallest absolute Gasteiger partial charge is 0.241 e. The third-order valence-corrected chi connectivity index (χ3v) is 5.57. The summed E-state index contributed by atoms with van der Waals surface area (Å²) in [4.78, 5) is 0.357. The van der Waals surface area contributed by atoms with Gasteiger partial charge in [-0.15, -0.1) is 0 Å². The van der Waals surface area contributed by atoms with E-state index in [-0.39, 0.29) is 0 Å². The van der Waals surface area contributed by atoms with E-state index in [9.17, 15) is 8.42 Å². The molecule has 2 rings (SSSR count). The molecule has 0 bridgehead atoms. The molecule has 6 heteroatoms. The molecule has 0 atom stereocenters. The molecule has 0 amide bonds. The van der Waals surface area contributed by atoms with Crippen LogP contribution in [0.15, 0.2) is 17.0 Å². The zero-order valence-electron chi connectivity index (χ0n) is 12.8. The fourth-order valence-corrected chi connectivity index (χ4v) is 4.27. The van der Waals surface area contributed by atoms with Gasteiger partial charge in [0.2, 0.25) is 10.0 Å². The van der Waals surface area contributed by atoms with Crippen LogP contribution in [0.3, 0.4) is 0 Å². The van der Waals surface area contributed by atoms with Crippen LogP contribution in [-0.2, 0) is 14.8 Å². The topological polar surface area (TPSA) is 64.6 Å². The van der Waals surface area contributed by atoms with Gasteiger partial charge in [-0.3, -0.25) is 0 Å². The largest absolute Gasteiger partial charge is 0.497 e. The van der Waals surface area contributed by atoms with Crippen LogP contribution in [-0.4, -0.2) is 35.3 Å². The fourth-order valence-electron chi connectivity index (χ4n) is 2.70. The van der Waals surface area contributed by atoms with Crippen molar-refractivity contribution >= 4 is 10.0 Å². The number of methoxy groups -OCH3 is 1. The van der Waals surface area contributed by atoms with Crippen LogP contribution in [0, 0.1) is 19.8 Å². The van der Waals surface area contributed by atoms with E-state index < -0.39 is 10.0 Å². The SMILES string of the molecule is COc1cc(C)c(S(=O)(=O)NCC2CCOCC2)c(C)c1. The Morgan fingerprint density at radius 3 is 2.33 bits per heavy atom. The summed E-state index contributed by atoms with van der Waals surface area (Å²) in [6.45, 7) is 5.48. The van der Waals surface area contributed by atoms with Crippen molar-refractivity contribution in [3.63, 3.8) is 0 Å². The Kier molecular flexibility index (Phi) is 5.24. The van der Waals surface area contributed by atoms with Gasteiger partial charge in [0.05, 0.1) is 12.0 Å². The summed E-state index contributed by atoms with van der Waals surface area (Å²) in [5.41, 5.74) is 1.40. The van der Waals surface area contributed by atoms with Crippen LogP contribution < -0.4 is 9.46 Å². The monoisotopic (exact) mass is 313 g/mol. The van der Waals surface area contributed by atoms with Crippen molar-refractivity contribution in [2.24, 2.45) is 5.92 Å². The van der Waals surface area contributed by atoms with Crippen molar-refractivity contribution < 1.29 is 17.9 Å². The van der Waals surface area contributed by atoms with Gasteiger partial charge in [0.1, 0.15) is 5.75 Å². The van der Waals surface area contributed by atoms with Crippen molar-refractivity contribution in [3.8, 4) is 5.75 Å². The maximum absolute atomic E-state index is 12.5. The average molecular weight is 313 g/mol. The van der Waals surface area contributed by atoms with Gasteiger partial charge in [0.25, 0.3) is 0 Å². The molecule has 1 aliphatic heterocycles. The Morgan fingerprint density at radius 2 is 1.81 bits per heavy atom. The molecule has 1 heterocycles. The van der Waals surface area contributed by atoms with E-state index in [2.05, 4.69) is 4.72 Å². The van der Waals surface area contributed by atoms with Crippen LogP contribution in [0.1, 0.15) is 24.0 Å². The number of aryl methyl sites for hydroxylation is 2. The van der Waals surface area contributed by atoms with Gasteiger partial charge in [-0.2, -0.15) is 0 Å². The van der Waals surface area contributed by atoms with Crippen LogP contribution in [0.4, 0.5) is 0 Å². The molecular weight excluding hydrogens is 290 g/mol. The quantitative estimate of drug-likeness (QED) is 0.903. The molecule has 0 saturated carbocycles. The lowest BCUT2D eigenvalue weighted by Gasteiger charge is -2.22. The predicted molar refractivity (Wildman–Crippen MR) is 81.2 cm³/mol. The Hall–Kier alpha value is -1.11. The normalized spacial score (nSPS) is 16.9. The zero-order chi connectivity index (χ0) is 15.5. The lowest BCUT2D eigenvalue weighted by molar-refractivity contribution is 0.0678. The minimum absolute atomic E-state index is 0.354. The standard InChI is InChI=1S/C15H23NO4S/c1-11-8-14(19-3)9-12(2)15(11)21(17,18)16-10-13-4-6-20-7-5-13/h8-9,13,16H,4-7,10H2,1-3H3. The lowest BCUT2D eigenvalue weighted by Crippen LogP contribution is -2.32. The van der Waals surface area contributed by atoms with Gasteiger partial charge in [0, 0.05) is 19.8 Å². The number of hydrogen-bond donors (Lipinski definition) is 1. The number of ether oxygens (including phenoxy) is 2. The predicted octanol–water partition coefficient (Wildman–Crippen LogP) is 2.02. The fraction of sp³-hybridized carbons (Fsp3) is 0.600. The molecule has 1 fully saturated rings.